The topological polar surface area (TPSA) is 40.5 Å². The van der Waals surface area contributed by atoms with Crippen LogP contribution in [0.5, 0.6) is 11.5 Å². The van der Waals surface area contributed by atoms with Crippen molar-refractivity contribution in [3.8, 4) is 11.5 Å². The summed E-state index contributed by atoms with van der Waals surface area (Å²) >= 11 is 0. The van der Waals surface area contributed by atoms with Gasteiger partial charge in [-0.1, -0.05) is 52.0 Å². The van der Waals surface area contributed by atoms with Crippen LogP contribution in [0.25, 0.3) is 0 Å². The molecule has 0 aliphatic rings. The molecule has 0 aromatic heterocycles. The number of aromatic hydroxyl groups is 2. The second-order valence-electron chi connectivity index (χ2n) is 7.42. The number of hydrogen-bond acceptors (Lipinski definition) is 2. The summed E-state index contributed by atoms with van der Waals surface area (Å²) in [5.74, 6) is 1.69. The number of benzene rings is 2. The van der Waals surface area contributed by atoms with E-state index in [-0.39, 0.29) is 26.2 Å². The van der Waals surface area contributed by atoms with Crippen molar-refractivity contribution in [2.24, 2.45) is 0 Å². The van der Waals surface area contributed by atoms with Gasteiger partial charge in [-0.25, -0.2) is 24.3 Å². The summed E-state index contributed by atoms with van der Waals surface area (Å²) in [4.78, 5) is 0. The molecule has 0 aliphatic heterocycles. The molecule has 0 aliphatic carbocycles. The third-order valence-electron chi connectivity index (χ3n) is 4.18. The molecule has 0 atom stereocenters. The quantitative estimate of drug-likeness (QED) is 0.279. The van der Waals surface area contributed by atoms with E-state index in [0.29, 0.717) is 23.3 Å². The Balaban J connectivity index is 0.000000401. The van der Waals surface area contributed by atoms with Crippen LogP contribution < -0.4 is 0 Å². The Morgan fingerprint density at radius 1 is 0.548 bits per heavy atom. The van der Waals surface area contributed by atoms with Gasteiger partial charge in [-0.15, -0.1) is 0 Å². The van der Waals surface area contributed by atoms with Crippen LogP contribution in [0.4, 0.5) is 0 Å². The maximum Gasteiger partial charge on any atom is 2.00 e. The molecule has 0 spiro atoms. The number of hydrogen-bond donors (Lipinski definition) is 2. The number of phenolic OH excluding ortho intramolecular Hbond substituents is 2. The van der Waals surface area contributed by atoms with E-state index in [9.17, 15) is 0 Å². The number of rotatable bonds is 2. The molecule has 0 saturated heterocycles. The Morgan fingerprint density at radius 2 is 0.871 bits per heavy atom. The van der Waals surface area contributed by atoms with Crippen molar-refractivity contribution in [1.29, 1.82) is 0 Å². The summed E-state index contributed by atoms with van der Waals surface area (Å²) in [6.07, 6.45) is 0. The summed E-state index contributed by atoms with van der Waals surface area (Å²) < 4.78 is 0. The van der Waals surface area contributed by atoms with Gasteiger partial charge in [0, 0.05) is 0 Å². The molecule has 4 aromatic rings. The molecule has 0 bridgehead atoms. The Hall–Kier alpha value is -2.38. The van der Waals surface area contributed by atoms with Gasteiger partial charge in [0.05, 0.1) is 0 Å². The van der Waals surface area contributed by atoms with E-state index in [2.05, 4.69) is 27.7 Å². The van der Waals surface area contributed by atoms with E-state index in [1.165, 1.54) is 11.1 Å². The molecule has 4 rings (SSSR count). The Morgan fingerprint density at radius 3 is 1.03 bits per heavy atom. The van der Waals surface area contributed by atoms with E-state index < -0.39 is 0 Å². The van der Waals surface area contributed by atoms with Crippen molar-refractivity contribution in [3.63, 3.8) is 0 Å². The van der Waals surface area contributed by atoms with Gasteiger partial charge in [-0.05, 0) is 47.2 Å². The van der Waals surface area contributed by atoms with E-state index in [1.807, 2.05) is 84.9 Å². The zero-order valence-corrected chi connectivity index (χ0v) is 21.4. The van der Waals surface area contributed by atoms with Crippen LogP contribution in [0.2, 0.25) is 0 Å². The molecule has 0 unspecified atom stereocenters. The average molecular weight is 494 g/mol. The molecule has 162 valence electrons. The smallest absolute Gasteiger partial charge is 0.508 e. The first-order chi connectivity index (χ1) is 14.4. The largest absolute Gasteiger partial charge is 2.00 e. The van der Waals surface area contributed by atoms with Gasteiger partial charge in [-0.3, -0.25) is 0 Å². The van der Waals surface area contributed by atoms with Crippen molar-refractivity contribution >= 4 is 0 Å². The first-order valence-electron chi connectivity index (χ1n) is 10.3. The van der Waals surface area contributed by atoms with Gasteiger partial charge in [0.15, 0.2) is 0 Å². The first-order valence-corrected chi connectivity index (χ1v) is 10.3. The van der Waals surface area contributed by atoms with Crippen LogP contribution in [0, 0.1) is 0 Å². The minimum Gasteiger partial charge on any atom is -0.508 e. The normalized spacial score (nSPS) is 9.23. The van der Waals surface area contributed by atoms with Gasteiger partial charge in [0.2, 0.25) is 0 Å². The van der Waals surface area contributed by atoms with Crippen molar-refractivity contribution in [2.45, 2.75) is 39.5 Å². The molecule has 2 nitrogen and oxygen atoms in total. The van der Waals surface area contributed by atoms with Crippen LogP contribution in [-0.4, -0.2) is 10.2 Å². The van der Waals surface area contributed by atoms with Crippen LogP contribution in [0.15, 0.2) is 109 Å². The molecular weight excluding hydrogens is 460 g/mol. The SMILES string of the molecule is CC(C)c1cccc(O)c1.CC(C)c1cccc(O)c1.[Zr+2].c1cc[cH-]c1.c1cc[cH-]c1. The minimum atomic E-state index is 0. The van der Waals surface area contributed by atoms with Crippen molar-refractivity contribution in [3.05, 3.63) is 120 Å². The molecule has 3 heteroatoms. The Kier molecular flexibility index (Phi) is 16.0. The van der Waals surface area contributed by atoms with Crippen LogP contribution in [-0.2, 0) is 26.2 Å². The molecule has 0 radical (unpaired) electrons. The van der Waals surface area contributed by atoms with Gasteiger partial charge in [0.25, 0.3) is 0 Å². The fraction of sp³-hybridized carbons (Fsp3) is 0.214. The minimum absolute atomic E-state index is 0. The Labute approximate surface area is 207 Å². The molecule has 0 saturated carbocycles. The van der Waals surface area contributed by atoms with E-state index in [0.717, 1.165) is 0 Å². The number of phenols is 2. The summed E-state index contributed by atoms with van der Waals surface area (Å²) in [5.41, 5.74) is 2.36. The third kappa shape index (κ3) is 14.3. The zero-order chi connectivity index (χ0) is 22.2. The molecule has 31 heavy (non-hydrogen) atoms. The monoisotopic (exact) mass is 492 g/mol. The predicted octanol–water partition coefficient (Wildman–Crippen LogP) is 7.84. The van der Waals surface area contributed by atoms with Crippen molar-refractivity contribution in [1.82, 2.24) is 0 Å². The molecular formula is C28H34O2Zr. The van der Waals surface area contributed by atoms with Crippen LogP contribution in [0.3, 0.4) is 0 Å². The molecule has 2 N–H and O–H groups in total. The van der Waals surface area contributed by atoms with Crippen molar-refractivity contribution in [2.75, 3.05) is 0 Å². The second kappa shape index (κ2) is 17.3. The fourth-order valence-corrected chi connectivity index (χ4v) is 2.41. The fourth-order valence-electron chi connectivity index (χ4n) is 2.41. The van der Waals surface area contributed by atoms with E-state index in [1.54, 1.807) is 24.3 Å². The van der Waals surface area contributed by atoms with Gasteiger partial charge in [-0.2, -0.15) is 36.4 Å². The average Bonchev–Trinajstić information content (AvgIpc) is 3.47. The second-order valence-corrected chi connectivity index (χ2v) is 7.42. The summed E-state index contributed by atoms with van der Waals surface area (Å²) in [6.45, 7) is 8.42. The summed E-state index contributed by atoms with van der Waals surface area (Å²) in [7, 11) is 0. The molecule has 0 heterocycles. The van der Waals surface area contributed by atoms with E-state index in [4.69, 9.17) is 10.2 Å². The Bertz CT molecular complexity index is 769. The van der Waals surface area contributed by atoms with Crippen LogP contribution in [0.1, 0.15) is 50.7 Å². The standard InChI is InChI=1S/2C9H12O.2C5H5.Zr/c2*1-7(2)8-4-3-5-9(10)6-8;2*1-2-4-5-3-1;/h2*3-7,10H,1-2H3;2*1-5H;/q;;2*-1;+2. The maximum absolute atomic E-state index is 9.06. The third-order valence-corrected chi connectivity index (χ3v) is 4.18. The van der Waals surface area contributed by atoms with Gasteiger partial charge >= 0.3 is 26.2 Å². The molecule has 0 amide bonds. The van der Waals surface area contributed by atoms with Gasteiger partial charge in [0.1, 0.15) is 11.5 Å². The van der Waals surface area contributed by atoms with Gasteiger partial charge < -0.3 is 10.2 Å². The molecule has 4 aromatic carbocycles. The maximum atomic E-state index is 9.06. The first kappa shape index (κ1) is 28.6. The van der Waals surface area contributed by atoms with Crippen molar-refractivity contribution < 1.29 is 36.4 Å². The summed E-state index contributed by atoms with van der Waals surface area (Å²) in [6, 6.07) is 34.7. The summed E-state index contributed by atoms with van der Waals surface area (Å²) in [5, 5.41) is 18.1. The van der Waals surface area contributed by atoms with Crippen LogP contribution >= 0.6 is 0 Å². The zero-order valence-electron chi connectivity index (χ0n) is 18.9. The molecule has 0 fully saturated rings. The predicted molar refractivity (Wildman–Crippen MR) is 128 cm³/mol. The van der Waals surface area contributed by atoms with E-state index >= 15 is 0 Å².